The predicted octanol–water partition coefficient (Wildman–Crippen LogP) is 5.58. The number of nitrogens with zero attached hydrogens (tertiary/aromatic N) is 1. The van der Waals surface area contributed by atoms with Crippen LogP contribution in [0.4, 0.5) is 0 Å². The first-order valence-electron chi connectivity index (χ1n) is 11.0. The van der Waals surface area contributed by atoms with E-state index in [1.54, 1.807) is 0 Å². The Balaban J connectivity index is 1.48. The second kappa shape index (κ2) is 8.42. The first-order valence-corrected chi connectivity index (χ1v) is 11.0. The minimum Gasteiger partial charge on any atom is -0.487 e. The number of rotatable bonds is 5. The number of carboxylic acids is 1. The highest BCUT2D eigenvalue weighted by Gasteiger charge is 2.19. The molecular weight excluding hydrogens is 388 g/mol. The minimum absolute atomic E-state index is 0.00772. The van der Waals surface area contributed by atoms with Crippen LogP contribution in [0.15, 0.2) is 48.5 Å². The topological polar surface area (TPSA) is 75.2 Å². The monoisotopic (exact) mass is 414 g/mol. The number of carboxylic acid groups (broad SMARTS) is 1. The van der Waals surface area contributed by atoms with E-state index in [2.05, 4.69) is 9.97 Å². The number of hydrogen-bond acceptors (Lipinski definition) is 3. The molecule has 2 N–H and O–H groups in total. The van der Waals surface area contributed by atoms with Gasteiger partial charge in [0.2, 0.25) is 0 Å². The van der Waals surface area contributed by atoms with Gasteiger partial charge in [-0.1, -0.05) is 37.1 Å². The number of aryl methyl sites for hydroxylation is 2. The van der Waals surface area contributed by atoms with Gasteiger partial charge in [0, 0.05) is 28.0 Å². The highest BCUT2D eigenvalue weighted by atomic mass is 16.5. The number of aromatic amines is 1. The molecule has 0 fully saturated rings. The molecule has 2 aromatic heterocycles. The Labute approximate surface area is 181 Å². The van der Waals surface area contributed by atoms with Crippen LogP contribution in [0.2, 0.25) is 0 Å². The Kier molecular flexibility index (Phi) is 5.33. The normalized spacial score (nSPS) is 14.2. The number of para-hydroxylation sites is 1. The molecule has 5 rings (SSSR count). The van der Waals surface area contributed by atoms with Crippen LogP contribution < -0.4 is 4.74 Å². The summed E-state index contributed by atoms with van der Waals surface area (Å²) in [6.45, 7) is 0.337. The third-order valence-electron chi connectivity index (χ3n) is 6.13. The van der Waals surface area contributed by atoms with Gasteiger partial charge in [0.25, 0.3) is 0 Å². The first kappa shape index (κ1) is 19.6. The van der Waals surface area contributed by atoms with Crippen LogP contribution in [-0.4, -0.2) is 21.0 Å². The quantitative estimate of drug-likeness (QED) is 0.447. The molecule has 4 aromatic rings. The van der Waals surface area contributed by atoms with Gasteiger partial charge in [-0.05, 0) is 55.0 Å². The van der Waals surface area contributed by atoms with Crippen LogP contribution in [-0.2, 0) is 30.7 Å². The Morgan fingerprint density at radius 3 is 2.74 bits per heavy atom. The zero-order valence-corrected chi connectivity index (χ0v) is 17.5. The summed E-state index contributed by atoms with van der Waals surface area (Å²) in [5, 5.41) is 11.7. The molecule has 5 heteroatoms. The molecule has 0 amide bonds. The number of hydrogen-bond donors (Lipinski definition) is 2. The smallest absolute Gasteiger partial charge is 0.307 e. The second-order valence-corrected chi connectivity index (χ2v) is 8.36. The lowest BCUT2D eigenvalue weighted by Gasteiger charge is -2.12. The Morgan fingerprint density at radius 2 is 1.87 bits per heavy atom. The summed E-state index contributed by atoms with van der Waals surface area (Å²) in [6, 6.07) is 15.9. The van der Waals surface area contributed by atoms with E-state index in [9.17, 15) is 9.90 Å². The Morgan fingerprint density at radius 1 is 1.03 bits per heavy atom. The molecule has 0 spiro atoms. The maximum absolute atomic E-state index is 11.6. The van der Waals surface area contributed by atoms with Crippen molar-refractivity contribution < 1.29 is 14.6 Å². The predicted molar refractivity (Wildman–Crippen MR) is 122 cm³/mol. The van der Waals surface area contributed by atoms with Gasteiger partial charge in [-0.2, -0.15) is 0 Å². The van der Waals surface area contributed by atoms with E-state index in [1.807, 2.05) is 48.5 Å². The van der Waals surface area contributed by atoms with Crippen molar-refractivity contribution >= 4 is 27.8 Å². The number of ether oxygens (including phenoxy) is 1. The van der Waals surface area contributed by atoms with Crippen molar-refractivity contribution in [1.29, 1.82) is 0 Å². The van der Waals surface area contributed by atoms with Crippen LogP contribution in [0.1, 0.15) is 48.2 Å². The summed E-state index contributed by atoms with van der Waals surface area (Å²) in [7, 11) is 0. The maximum Gasteiger partial charge on any atom is 0.307 e. The third kappa shape index (κ3) is 4.13. The van der Waals surface area contributed by atoms with E-state index >= 15 is 0 Å². The molecule has 158 valence electrons. The lowest BCUT2D eigenvalue weighted by atomic mass is 9.94. The zero-order chi connectivity index (χ0) is 21.2. The van der Waals surface area contributed by atoms with Gasteiger partial charge >= 0.3 is 5.97 Å². The highest BCUT2D eigenvalue weighted by molar-refractivity contribution is 5.92. The van der Waals surface area contributed by atoms with Crippen LogP contribution in [0, 0.1) is 0 Å². The number of aliphatic carboxylic acids is 1. The molecule has 1 aliphatic carbocycles. The maximum atomic E-state index is 11.6. The van der Waals surface area contributed by atoms with Gasteiger partial charge in [-0.3, -0.25) is 4.79 Å². The van der Waals surface area contributed by atoms with E-state index < -0.39 is 5.97 Å². The third-order valence-corrected chi connectivity index (χ3v) is 6.13. The van der Waals surface area contributed by atoms with Crippen LogP contribution in [0.5, 0.6) is 5.75 Å². The minimum atomic E-state index is -0.824. The van der Waals surface area contributed by atoms with Crippen molar-refractivity contribution in [3.8, 4) is 5.75 Å². The van der Waals surface area contributed by atoms with E-state index in [-0.39, 0.29) is 6.42 Å². The summed E-state index contributed by atoms with van der Waals surface area (Å²) >= 11 is 0. The van der Waals surface area contributed by atoms with Gasteiger partial charge in [0.15, 0.2) is 0 Å². The summed E-state index contributed by atoms with van der Waals surface area (Å²) < 4.78 is 6.08. The standard InChI is InChI=1S/C26H26N2O3/c29-25(30)14-18-13-20(31-16-19-12-11-17-7-5-6-9-22(17)27-19)15-24-26(18)21-8-3-1-2-4-10-23(21)28-24/h5-7,9,11-13,15,28H,1-4,8,10,14,16H2,(H,29,30). The fourth-order valence-corrected chi connectivity index (χ4v) is 4.69. The van der Waals surface area contributed by atoms with Crippen molar-refractivity contribution in [2.45, 2.75) is 51.6 Å². The Bertz CT molecular complexity index is 1260. The second-order valence-electron chi connectivity index (χ2n) is 8.36. The molecule has 0 unspecified atom stereocenters. The van der Waals surface area contributed by atoms with E-state index in [0.717, 1.165) is 52.3 Å². The molecule has 0 aliphatic heterocycles. The van der Waals surface area contributed by atoms with Crippen molar-refractivity contribution in [3.05, 3.63) is 71.0 Å². The molecule has 1 aliphatic rings. The summed E-state index contributed by atoms with van der Waals surface area (Å²) in [5.74, 6) is -0.150. The molecule has 0 saturated heterocycles. The van der Waals surface area contributed by atoms with Crippen LogP contribution >= 0.6 is 0 Å². The molecule has 5 nitrogen and oxygen atoms in total. The molecular formula is C26H26N2O3. The number of nitrogens with one attached hydrogen (secondary N) is 1. The Hall–Kier alpha value is -3.34. The fraction of sp³-hybridized carbons (Fsp3) is 0.308. The molecule has 2 heterocycles. The summed E-state index contributed by atoms with van der Waals surface area (Å²) in [4.78, 5) is 19.8. The lowest BCUT2D eigenvalue weighted by molar-refractivity contribution is -0.136. The SMILES string of the molecule is O=C(O)Cc1cc(OCc2ccc3ccccc3n2)cc2[nH]c3c(c12)CCCCCC3. The van der Waals surface area contributed by atoms with Crippen LogP contribution in [0.25, 0.3) is 21.8 Å². The molecule has 0 bridgehead atoms. The van der Waals surface area contributed by atoms with Crippen molar-refractivity contribution in [1.82, 2.24) is 9.97 Å². The van der Waals surface area contributed by atoms with Crippen LogP contribution in [0.3, 0.4) is 0 Å². The lowest BCUT2D eigenvalue weighted by Crippen LogP contribution is -2.04. The van der Waals surface area contributed by atoms with Crippen molar-refractivity contribution in [3.63, 3.8) is 0 Å². The summed E-state index contributed by atoms with van der Waals surface area (Å²) in [6.07, 6.45) is 6.83. The van der Waals surface area contributed by atoms with Gasteiger partial charge in [0.05, 0.1) is 17.6 Å². The number of fused-ring (bicyclic) bond motifs is 4. The van der Waals surface area contributed by atoms with Crippen molar-refractivity contribution in [2.75, 3.05) is 0 Å². The van der Waals surface area contributed by atoms with E-state index in [0.29, 0.717) is 12.4 Å². The molecule has 0 saturated carbocycles. The van der Waals surface area contributed by atoms with Gasteiger partial charge < -0.3 is 14.8 Å². The van der Waals surface area contributed by atoms with Gasteiger partial charge in [0.1, 0.15) is 12.4 Å². The number of pyridine rings is 1. The average molecular weight is 415 g/mol. The number of benzene rings is 2. The van der Waals surface area contributed by atoms with E-state index in [4.69, 9.17) is 4.74 Å². The summed E-state index contributed by atoms with van der Waals surface area (Å²) in [5.41, 5.74) is 6.15. The number of aromatic nitrogens is 2. The highest BCUT2D eigenvalue weighted by Crippen LogP contribution is 2.34. The van der Waals surface area contributed by atoms with Gasteiger partial charge in [-0.15, -0.1) is 0 Å². The molecule has 31 heavy (non-hydrogen) atoms. The average Bonchev–Trinajstić information content (AvgIpc) is 3.08. The fourth-order valence-electron chi connectivity index (χ4n) is 4.69. The number of carbonyl (C=O) groups is 1. The zero-order valence-electron chi connectivity index (χ0n) is 17.5. The van der Waals surface area contributed by atoms with Gasteiger partial charge in [-0.25, -0.2) is 4.98 Å². The largest absolute Gasteiger partial charge is 0.487 e. The molecule has 0 atom stereocenters. The van der Waals surface area contributed by atoms with Crippen molar-refractivity contribution in [2.24, 2.45) is 0 Å². The molecule has 2 aromatic carbocycles. The van der Waals surface area contributed by atoms with E-state index in [1.165, 1.54) is 30.5 Å². The molecule has 0 radical (unpaired) electrons. The first-order chi connectivity index (χ1) is 15.2. The number of H-pyrrole nitrogens is 1.